The molecule has 0 saturated carbocycles. The van der Waals surface area contributed by atoms with Crippen molar-refractivity contribution >= 4 is 0 Å². The number of aryl methyl sites for hydroxylation is 1. The number of rotatable bonds is 6. The number of likely N-dealkylation sites (N-methyl/N-ethyl adjacent to an activating group) is 1. The average molecular weight is 220 g/mol. The molecule has 0 aliphatic carbocycles. The van der Waals surface area contributed by atoms with Gasteiger partial charge in [0.25, 0.3) is 0 Å². The number of hydrogen-bond donors (Lipinski definition) is 2. The average Bonchev–Trinajstić information content (AvgIpc) is 2.25. The maximum Gasteiger partial charge on any atom is 0.00769 e. The van der Waals surface area contributed by atoms with Crippen molar-refractivity contribution in [3.63, 3.8) is 0 Å². The van der Waals surface area contributed by atoms with E-state index in [1.165, 1.54) is 11.1 Å². The van der Waals surface area contributed by atoms with Crippen LogP contribution in [0.25, 0.3) is 0 Å². The molecule has 0 saturated heterocycles. The molecule has 0 atom stereocenters. The van der Waals surface area contributed by atoms with Crippen molar-refractivity contribution in [3.05, 3.63) is 35.4 Å². The number of hydrogen-bond acceptors (Lipinski definition) is 2. The fraction of sp³-hybridized carbons (Fsp3) is 0.571. The molecule has 2 nitrogen and oxygen atoms in total. The van der Waals surface area contributed by atoms with E-state index in [0.29, 0.717) is 0 Å². The molecule has 1 aromatic carbocycles. The summed E-state index contributed by atoms with van der Waals surface area (Å²) in [4.78, 5) is 0. The summed E-state index contributed by atoms with van der Waals surface area (Å²) in [6.45, 7) is 9.82. The van der Waals surface area contributed by atoms with Crippen LogP contribution in [0, 0.1) is 6.92 Å². The van der Waals surface area contributed by atoms with Gasteiger partial charge in [-0.3, -0.25) is 0 Å². The van der Waals surface area contributed by atoms with Gasteiger partial charge in [-0.1, -0.05) is 38.1 Å². The molecule has 0 fully saturated rings. The molecule has 0 radical (unpaired) electrons. The van der Waals surface area contributed by atoms with E-state index >= 15 is 0 Å². The first-order valence-electron chi connectivity index (χ1n) is 5.99. The molecule has 0 amide bonds. The Labute approximate surface area is 99.5 Å². The van der Waals surface area contributed by atoms with Crippen LogP contribution in [-0.4, -0.2) is 26.7 Å². The monoisotopic (exact) mass is 220 g/mol. The summed E-state index contributed by atoms with van der Waals surface area (Å²) in [5.41, 5.74) is 3.01. The van der Waals surface area contributed by atoms with Gasteiger partial charge in [0.1, 0.15) is 0 Å². The molecule has 0 aliphatic heterocycles. The highest BCUT2D eigenvalue weighted by Crippen LogP contribution is 2.25. The molecular formula is C14H24N2. The lowest BCUT2D eigenvalue weighted by atomic mass is 9.82. The quantitative estimate of drug-likeness (QED) is 0.717. The first kappa shape index (κ1) is 13.2. The molecule has 0 spiro atoms. The largest absolute Gasteiger partial charge is 0.318 e. The molecule has 1 rings (SSSR count). The van der Waals surface area contributed by atoms with Crippen LogP contribution < -0.4 is 10.6 Å². The summed E-state index contributed by atoms with van der Waals surface area (Å²) < 4.78 is 0. The molecule has 0 unspecified atom stereocenters. The van der Waals surface area contributed by atoms with Gasteiger partial charge >= 0.3 is 0 Å². The zero-order chi connectivity index (χ0) is 12.0. The highest BCUT2D eigenvalue weighted by molar-refractivity contribution is 5.32. The Hall–Kier alpha value is -0.860. The van der Waals surface area contributed by atoms with Gasteiger partial charge in [0.15, 0.2) is 0 Å². The third kappa shape index (κ3) is 3.62. The van der Waals surface area contributed by atoms with E-state index in [1.54, 1.807) is 0 Å². The fourth-order valence-corrected chi connectivity index (χ4v) is 2.04. The van der Waals surface area contributed by atoms with Crippen LogP contribution in [-0.2, 0) is 5.41 Å². The lowest BCUT2D eigenvalue weighted by Gasteiger charge is -2.27. The van der Waals surface area contributed by atoms with Crippen molar-refractivity contribution in [1.29, 1.82) is 0 Å². The molecule has 16 heavy (non-hydrogen) atoms. The Morgan fingerprint density at radius 1 is 1.12 bits per heavy atom. The Morgan fingerprint density at radius 3 is 2.44 bits per heavy atom. The van der Waals surface area contributed by atoms with E-state index in [9.17, 15) is 0 Å². The van der Waals surface area contributed by atoms with Crippen LogP contribution in [0.1, 0.15) is 25.0 Å². The summed E-state index contributed by atoms with van der Waals surface area (Å²) in [6.07, 6.45) is 0. The molecule has 0 aromatic heterocycles. The van der Waals surface area contributed by atoms with Crippen molar-refractivity contribution in [1.82, 2.24) is 10.6 Å². The molecule has 0 bridgehead atoms. The zero-order valence-electron chi connectivity index (χ0n) is 10.9. The number of benzene rings is 1. The fourth-order valence-electron chi connectivity index (χ4n) is 2.04. The molecule has 0 heterocycles. The third-order valence-electron chi connectivity index (χ3n) is 2.99. The van der Waals surface area contributed by atoms with Crippen molar-refractivity contribution in [2.45, 2.75) is 26.2 Å². The first-order chi connectivity index (χ1) is 7.58. The Kier molecular flexibility index (Phi) is 4.97. The standard InChI is InChI=1S/C14H24N2/c1-12-7-5-6-8-13(12)14(2,3)11-16-10-9-15-4/h5-8,15-16H,9-11H2,1-4H3. The van der Waals surface area contributed by atoms with Crippen LogP contribution in [0.4, 0.5) is 0 Å². The van der Waals surface area contributed by atoms with Crippen LogP contribution >= 0.6 is 0 Å². The van der Waals surface area contributed by atoms with E-state index in [4.69, 9.17) is 0 Å². The van der Waals surface area contributed by atoms with Gasteiger partial charge in [0, 0.05) is 25.0 Å². The minimum absolute atomic E-state index is 0.194. The van der Waals surface area contributed by atoms with E-state index in [-0.39, 0.29) is 5.41 Å². The van der Waals surface area contributed by atoms with Crippen LogP contribution in [0.15, 0.2) is 24.3 Å². The van der Waals surface area contributed by atoms with Crippen molar-refractivity contribution in [3.8, 4) is 0 Å². The zero-order valence-corrected chi connectivity index (χ0v) is 10.9. The summed E-state index contributed by atoms with van der Waals surface area (Å²) >= 11 is 0. The molecule has 1 aromatic rings. The second kappa shape index (κ2) is 6.02. The summed E-state index contributed by atoms with van der Waals surface area (Å²) in [5, 5.41) is 6.63. The van der Waals surface area contributed by atoms with Gasteiger partial charge < -0.3 is 10.6 Å². The van der Waals surface area contributed by atoms with Crippen molar-refractivity contribution < 1.29 is 0 Å². The third-order valence-corrected chi connectivity index (χ3v) is 2.99. The van der Waals surface area contributed by atoms with Crippen molar-refractivity contribution in [2.24, 2.45) is 0 Å². The normalized spacial score (nSPS) is 11.8. The van der Waals surface area contributed by atoms with E-state index in [0.717, 1.165) is 19.6 Å². The topological polar surface area (TPSA) is 24.1 Å². The van der Waals surface area contributed by atoms with Crippen LogP contribution in [0.2, 0.25) is 0 Å². The highest BCUT2D eigenvalue weighted by Gasteiger charge is 2.21. The van der Waals surface area contributed by atoms with E-state index in [1.807, 2.05) is 7.05 Å². The SMILES string of the molecule is CNCCNCC(C)(C)c1ccccc1C. The molecule has 2 heteroatoms. The second-order valence-electron chi connectivity index (χ2n) is 4.98. The van der Waals surface area contributed by atoms with Gasteiger partial charge in [0.05, 0.1) is 0 Å². The van der Waals surface area contributed by atoms with Crippen LogP contribution in [0.3, 0.4) is 0 Å². The Balaban J connectivity index is 2.59. The van der Waals surface area contributed by atoms with E-state index in [2.05, 4.69) is 55.7 Å². The molecular weight excluding hydrogens is 196 g/mol. The van der Waals surface area contributed by atoms with Gasteiger partial charge in [-0.2, -0.15) is 0 Å². The van der Waals surface area contributed by atoms with E-state index < -0.39 is 0 Å². The minimum Gasteiger partial charge on any atom is -0.318 e. The lowest BCUT2D eigenvalue weighted by Crippen LogP contribution is -2.36. The molecule has 2 N–H and O–H groups in total. The maximum atomic E-state index is 3.49. The second-order valence-corrected chi connectivity index (χ2v) is 4.98. The Bertz CT molecular complexity index is 318. The molecule has 90 valence electrons. The highest BCUT2D eigenvalue weighted by atomic mass is 14.9. The maximum absolute atomic E-state index is 3.49. The predicted molar refractivity (Wildman–Crippen MR) is 71.0 cm³/mol. The van der Waals surface area contributed by atoms with Gasteiger partial charge in [0.2, 0.25) is 0 Å². The van der Waals surface area contributed by atoms with Crippen LogP contribution in [0.5, 0.6) is 0 Å². The van der Waals surface area contributed by atoms with Gasteiger partial charge in [-0.25, -0.2) is 0 Å². The summed E-state index contributed by atoms with van der Waals surface area (Å²) in [6, 6.07) is 8.64. The van der Waals surface area contributed by atoms with Crippen molar-refractivity contribution in [2.75, 3.05) is 26.7 Å². The minimum atomic E-state index is 0.194. The summed E-state index contributed by atoms with van der Waals surface area (Å²) in [5.74, 6) is 0. The molecule has 0 aliphatic rings. The number of nitrogens with one attached hydrogen (secondary N) is 2. The smallest absolute Gasteiger partial charge is 0.00769 e. The summed E-state index contributed by atoms with van der Waals surface area (Å²) in [7, 11) is 1.98. The Morgan fingerprint density at radius 2 is 1.81 bits per heavy atom. The van der Waals surface area contributed by atoms with Gasteiger partial charge in [-0.15, -0.1) is 0 Å². The lowest BCUT2D eigenvalue weighted by molar-refractivity contribution is 0.466. The predicted octanol–water partition coefficient (Wildman–Crippen LogP) is 2.08. The van der Waals surface area contributed by atoms with Gasteiger partial charge in [-0.05, 0) is 25.1 Å². The first-order valence-corrected chi connectivity index (χ1v) is 5.99.